The molecular weight excluding hydrogens is 446 g/mol. The Labute approximate surface area is 190 Å². The van der Waals surface area contributed by atoms with Gasteiger partial charge in [-0.3, -0.25) is 24.0 Å². The number of carbonyl (C=O) groups is 5. The third-order valence-electron chi connectivity index (χ3n) is 4.25. The van der Waals surface area contributed by atoms with Crippen molar-refractivity contribution in [2.45, 2.75) is 56.8 Å². The first-order valence-corrected chi connectivity index (χ1v) is 12.5. The van der Waals surface area contributed by atoms with Gasteiger partial charge < -0.3 is 32.5 Å². The van der Waals surface area contributed by atoms with Crippen molar-refractivity contribution in [3.8, 4) is 0 Å². The lowest BCUT2D eigenvalue weighted by molar-refractivity contribution is -0.141. The Hall–Kier alpha value is -1.99. The molecule has 0 saturated carbocycles. The number of aliphatic carboxylic acids is 1. The van der Waals surface area contributed by atoms with E-state index in [1.54, 1.807) is 0 Å². The monoisotopic (exact) mass is 479 g/mol. The van der Waals surface area contributed by atoms with E-state index >= 15 is 0 Å². The number of carboxylic acid groups (broad SMARTS) is 1. The summed E-state index contributed by atoms with van der Waals surface area (Å²) in [6, 6.07) is -4.03. The van der Waals surface area contributed by atoms with Crippen LogP contribution in [0.5, 0.6) is 0 Å². The largest absolute Gasteiger partial charge is 0.480 e. The van der Waals surface area contributed by atoms with Gasteiger partial charge >= 0.3 is 5.97 Å². The van der Waals surface area contributed by atoms with Gasteiger partial charge in [0.15, 0.2) is 0 Å². The number of nitrogens with one attached hydrogen (secondary N) is 3. The normalized spacial score (nSPS) is 14.6. The minimum atomic E-state index is -1.20. The van der Waals surface area contributed by atoms with Crippen LogP contribution >= 0.6 is 23.5 Å². The molecular formula is C18H33N5O6S2. The number of hydrogen-bond donors (Lipinski definition) is 6. The van der Waals surface area contributed by atoms with E-state index in [0.29, 0.717) is 17.9 Å². The highest BCUT2D eigenvalue weighted by molar-refractivity contribution is 7.98. The lowest BCUT2D eigenvalue weighted by atomic mass is 10.1. The van der Waals surface area contributed by atoms with Gasteiger partial charge in [-0.05, 0) is 50.2 Å². The van der Waals surface area contributed by atoms with Crippen LogP contribution in [-0.2, 0) is 24.0 Å². The molecule has 0 aliphatic carbocycles. The van der Waals surface area contributed by atoms with Gasteiger partial charge in [-0.15, -0.1) is 0 Å². The molecule has 4 atom stereocenters. The van der Waals surface area contributed by atoms with Crippen molar-refractivity contribution in [1.29, 1.82) is 0 Å². The summed E-state index contributed by atoms with van der Waals surface area (Å²) in [5, 5.41) is 16.5. The van der Waals surface area contributed by atoms with Crippen LogP contribution in [0, 0.1) is 0 Å². The first kappa shape index (κ1) is 29.0. The summed E-state index contributed by atoms with van der Waals surface area (Å²) in [6.07, 6.45) is 4.25. The first-order chi connectivity index (χ1) is 14.5. The van der Waals surface area contributed by atoms with Gasteiger partial charge in [0.05, 0.1) is 6.04 Å². The third-order valence-corrected chi connectivity index (χ3v) is 5.54. The molecule has 0 aromatic heterocycles. The molecule has 0 aliphatic heterocycles. The second kappa shape index (κ2) is 15.8. The van der Waals surface area contributed by atoms with Crippen LogP contribution < -0.4 is 27.4 Å². The molecule has 11 nitrogen and oxygen atoms in total. The van der Waals surface area contributed by atoms with Crippen LogP contribution in [-0.4, -0.2) is 82.9 Å². The Morgan fingerprint density at radius 1 is 0.839 bits per heavy atom. The van der Waals surface area contributed by atoms with Crippen molar-refractivity contribution < 1.29 is 29.1 Å². The maximum Gasteiger partial charge on any atom is 0.325 e. The summed E-state index contributed by atoms with van der Waals surface area (Å²) in [4.78, 5) is 59.5. The van der Waals surface area contributed by atoms with E-state index in [4.69, 9.17) is 16.6 Å². The number of rotatable bonds is 16. The van der Waals surface area contributed by atoms with Crippen molar-refractivity contribution in [1.82, 2.24) is 16.0 Å². The van der Waals surface area contributed by atoms with Crippen molar-refractivity contribution >= 4 is 53.1 Å². The van der Waals surface area contributed by atoms with Crippen LogP contribution in [0.4, 0.5) is 0 Å². The highest BCUT2D eigenvalue weighted by atomic mass is 32.2. The average Bonchev–Trinajstić information content (AvgIpc) is 2.71. The number of amides is 4. The summed E-state index contributed by atoms with van der Waals surface area (Å²) < 4.78 is 0. The summed E-state index contributed by atoms with van der Waals surface area (Å²) in [7, 11) is 0. The maximum absolute atomic E-state index is 12.8. The Bertz CT molecular complexity index is 637. The van der Waals surface area contributed by atoms with E-state index in [-0.39, 0.29) is 19.3 Å². The Morgan fingerprint density at radius 2 is 1.29 bits per heavy atom. The highest BCUT2D eigenvalue weighted by Crippen LogP contribution is 2.06. The van der Waals surface area contributed by atoms with Crippen LogP contribution in [0.3, 0.4) is 0 Å². The predicted octanol–water partition coefficient (Wildman–Crippen LogP) is -1.36. The molecule has 0 saturated heterocycles. The number of carboxylic acids is 1. The van der Waals surface area contributed by atoms with Crippen molar-refractivity contribution in [2.75, 3.05) is 24.0 Å². The minimum absolute atomic E-state index is 0.0455. The standard InChI is InChI=1S/C18H33N5O6S2/c1-10(18(28)29)21-16(26)12(6-8-30-2)23-17(27)13(7-9-31-3)22-15(25)11(19)4-5-14(20)24/h10-13H,4-9,19H2,1-3H3,(H2,20,24)(H,21,26)(H,22,25)(H,23,27)(H,28,29). The molecule has 13 heteroatoms. The Morgan fingerprint density at radius 3 is 1.71 bits per heavy atom. The summed E-state index contributed by atoms with van der Waals surface area (Å²) >= 11 is 2.95. The van der Waals surface area contributed by atoms with E-state index in [2.05, 4.69) is 16.0 Å². The van der Waals surface area contributed by atoms with E-state index in [1.165, 1.54) is 30.4 Å². The summed E-state index contributed by atoms with van der Waals surface area (Å²) in [5.74, 6) is -2.46. The van der Waals surface area contributed by atoms with E-state index in [0.717, 1.165) is 0 Å². The van der Waals surface area contributed by atoms with Crippen molar-refractivity contribution in [2.24, 2.45) is 11.5 Å². The fourth-order valence-corrected chi connectivity index (χ4v) is 3.31. The topological polar surface area (TPSA) is 194 Å². The third kappa shape index (κ3) is 12.5. The molecule has 0 rings (SSSR count). The number of hydrogen-bond acceptors (Lipinski definition) is 8. The fourth-order valence-electron chi connectivity index (χ4n) is 2.36. The van der Waals surface area contributed by atoms with Gasteiger partial charge in [-0.25, -0.2) is 0 Å². The molecule has 4 unspecified atom stereocenters. The van der Waals surface area contributed by atoms with Gasteiger partial charge in [0.1, 0.15) is 18.1 Å². The molecule has 0 fully saturated rings. The second-order valence-electron chi connectivity index (χ2n) is 6.87. The average molecular weight is 480 g/mol. The van der Waals surface area contributed by atoms with E-state index in [1.807, 2.05) is 12.5 Å². The quantitative estimate of drug-likeness (QED) is 0.155. The van der Waals surface area contributed by atoms with Gasteiger partial charge in [0, 0.05) is 6.42 Å². The van der Waals surface area contributed by atoms with Crippen molar-refractivity contribution in [3.63, 3.8) is 0 Å². The second-order valence-corrected chi connectivity index (χ2v) is 8.84. The van der Waals surface area contributed by atoms with Crippen LogP contribution in [0.15, 0.2) is 0 Å². The minimum Gasteiger partial charge on any atom is -0.480 e. The molecule has 4 amide bonds. The number of primary amides is 1. The van der Waals surface area contributed by atoms with Gasteiger partial charge in [0.25, 0.3) is 0 Å². The molecule has 31 heavy (non-hydrogen) atoms. The molecule has 0 heterocycles. The van der Waals surface area contributed by atoms with Gasteiger partial charge in [-0.2, -0.15) is 23.5 Å². The van der Waals surface area contributed by atoms with Crippen molar-refractivity contribution in [3.05, 3.63) is 0 Å². The molecule has 0 aromatic rings. The molecule has 8 N–H and O–H groups in total. The van der Waals surface area contributed by atoms with E-state index < -0.39 is 53.8 Å². The summed E-state index contributed by atoms with van der Waals surface area (Å²) in [6.45, 7) is 1.32. The zero-order valence-corrected chi connectivity index (χ0v) is 19.6. The molecule has 178 valence electrons. The zero-order valence-electron chi connectivity index (χ0n) is 18.0. The molecule has 0 aromatic carbocycles. The zero-order chi connectivity index (χ0) is 24.0. The lowest BCUT2D eigenvalue weighted by Crippen LogP contribution is -2.57. The maximum atomic E-state index is 12.8. The highest BCUT2D eigenvalue weighted by Gasteiger charge is 2.29. The number of nitrogens with two attached hydrogens (primary N) is 2. The van der Waals surface area contributed by atoms with Gasteiger partial charge in [-0.1, -0.05) is 0 Å². The Kier molecular flexibility index (Phi) is 14.7. The Balaban J connectivity index is 5.22. The predicted molar refractivity (Wildman–Crippen MR) is 122 cm³/mol. The number of carbonyl (C=O) groups excluding carboxylic acids is 4. The molecule has 0 spiro atoms. The SMILES string of the molecule is CSCCC(NC(=O)C(N)CCC(N)=O)C(=O)NC(CCSC)C(=O)NC(C)C(=O)O. The van der Waals surface area contributed by atoms with Crippen LogP contribution in [0.1, 0.15) is 32.6 Å². The van der Waals surface area contributed by atoms with E-state index in [9.17, 15) is 24.0 Å². The molecule has 0 aliphatic rings. The van der Waals surface area contributed by atoms with Crippen LogP contribution in [0.2, 0.25) is 0 Å². The fraction of sp³-hybridized carbons (Fsp3) is 0.722. The molecule has 0 bridgehead atoms. The number of thioether (sulfide) groups is 2. The van der Waals surface area contributed by atoms with Gasteiger partial charge in [0.2, 0.25) is 23.6 Å². The van der Waals surface area contributed by atoms with Crippen LogP contribution in [0.25, 0.3) is 0 Å². The lowest BCUT2D eigenvalue weighted by Gasteiger charge is -2.24. The first-order valence-electron chi connectivity index (χ1n) is 9.69. The smallest absolute Gasteiger partial charge is 0.325 e. The summed E-state index contributed by atoms with van der Waals surface area (Å²) in [5.41, 5.74) is 10.8. The molecule has 0 radical (unpaired) electrons.